The van der Waals surface area contributed by atoms with Crippen molar-refractivity contribution in [3.8, 4) is 11.5 Å². The number of amides is 1. The second-order valence-corrected chi connectivity index (χ2v) is 5.69. The summed E-state index contributed by atoms with van der Waals surface area (Å²) in [6.45, 7) is 2.14. The van der Waals surface area contributed by atoms with Crippen LogP contribution in [0.2, 0.25) is 0 Å². The lowest BCUT2D eigenvalue weighted by atomic mass is 10.0. The molecule has 1 N–H and O–H groups in total. The Morgan fingerprint density at radius 3 is 2.75 bits per heavy atom. The lowest BCUT2D eigenvalue weighted by Crippen LogP contribution is -2.48. The largest absolute Gasteiger partial charge is 0.497 e. The zero-order valence-corrected chi connectivity index (χ0v) is 14.0. The third-order valence-electron chi connectivity index (χ3n) is 4.32. The Labute approximate surface area is 142 Å². The molecule has 1 heterocycles. The van der Waals surface area contributed by atoms with Crippen LogP contribution in [-0.4, -0.2) is 44.7 Å². The smallest absolute Gasteiger partial charge is 0.254 e. The van der Waals surface area contributed by atoms with Crippen molar-refractivity contribution in [3.05, 3.63) is 59.7 Å². The lowest BCUT2D eigenvalue weighted by molar-refractivity contribution is 0.0631. The second kappa shape index (κ2) is 7.36. The maximum atomic E-state index is 13.1. The fourth-order valence-corrected chi connectivity index (χ4v) is 3.09. The normalized spacial score (nSPS) is 17.4. The number of methoxy groups -OCH3 is 2. The van der Waals surface area contributed by atoms with E-state index >= 15 is 0 Å². The molecule has 5 nitrogen and oxygen atoms in total. The molecule has 24 heavy (non-hydrogen) atoms. The van der Waals surface area contributed by atoms with Gasteiger partial charge in [-0.2, -0.15) is 0 Å². The summed E-state index contributed by atoms with van der Waals surface area (Å²) < 4.78 is 10.7. The molecule has 0 aliphatic carbocycles. The summed E-state index contributed by atoms with van der Waals surface area (Å²) in [6.07, 6.45) is 0. The first-order chi connectivity index (χ1) is 11.7. The summed E-state index contributed by atoms with van der Waals surface area (Å²) in [4.78, 5) is 15.0. The van der Waals surface area contributed by atoms with Gasteiger partial charge in [0.2, 0.25) is 0 Å². The third kappa shape index (κ3) is 3.21. The molecule has 5 heteroatoms. The van der Waals surface area contributed by atoms with E-state index in [0.29, 0.717) is 24.4 Å². The van der Waals surface area contributed by atoms with Crippen LogP contribution in [0, 0.1) is 0 Å². The monoisotopic (exact) mass is 326 g/mol. The van der Waals surface area contributed by atoms with E-state index in [4.69, 9.17) is 9.47 Å². The molecule has 0 bridgehead atoms. The van der Waals surface area contributed by atoms with Crippen LogP contribution >= 0.6 is 0 Å². The average molecular weight is 326 g/mol. The highest BCUT2D eigenvalue weighted by Crippen LogP contribution is 2.31. The fourth-order valence-electron chi connectivity index (χ4n) is 3.09. The minimum atomic E-state index is -0.0615. The zero-order valence-electron chi connectivity index (χ0n) is 14.0. The molecule has 1 aliphatic rings. The molecule has 1 aliphatic heterocycles. The van der Waals surface area contributed by atoms with Gasteiger partial charge in [-0.05, 0) is 24.3 Å². The van der Waals surface area contributed by atoms with Crippen LogP contribution in [0.4, 0.5) is 0 Å². The van der Waals surface area contributed by atoms with Crippen molar-refractivity contribution in [2.24, 2.45) is 0 Å². The van der Waals surface area contributed by atoms with Crippen molar-refractivity contribution in [3.63, 3.8) is 0 Å². The van der Waals surface area contributed by atoms with E-state index in [9.17, 15) is 4.79 Å². The van der Waals surface area contributed by atoms with Gasteiger partial charge < -0.3 is 19.7 Å². The fraction of sp³-hybridized carbons (Fsp3) is 0.316. The Morgan fingerprint density at radius 2 is 1.96 bits per heavy atom. The maximum absolute atomic E-state index is 13.1. The third-order valence-corrected chi connectivity index (χ3v) is 4.32. The molecule has 2 aromatic rings. The predicted octanol–water partition coefficient (Wildman–Crippen LogP) is 2.49. The summed E-state index contributed by atoms with van der Waals surface area (Å²) >= 11 is 0. The summed E-state index contributed by atoms with van der Waals surface area (Å²) in [7, 11) is 3.26. The summed E-state index contributed by atoms with van der Waals surface area (Å²) in [6, 6.07) is 15.1. The van der Waals surface area contributed by atoms with Crippen molar-refractivity contribution >= 4 is 5.91 Å². The molecule has 0 radical (unpaired) electrons. The second-order valence-electron chi connectivity index (χ2n) is 5.69. The van der Waals surface area contributed by atoms with Gasteiger partial charge in [-0.1, -0.05) is 24.3 Å². The first-order valence-electron chi connectivity index (χ1n) is 8.03. The first kappa shape index (κ1) is 16.3. The predicted molar refractivity (Wildman–Crippen MR) is 92.6 cm³/mol. The number of rotatable bonds is 4. The Hall–Kier alpha value is -2.53. The van der Waals surface area contributed by atoms with E-state index in [1.165, 1.54) is 0 Å². The number of piperazine rings is 1. The first-order valence-corrected chi connectivity index (χ1v) is 8.03. The van der Waals surface area contributed by atoms with Crippen LogP contribution in [0.15, 0.2) is 48.5 Å². The van der Waals surface area contributed by atoms with E-state index in [2.05, 4.69) is 5.32 Å². The van der Waals surface area contributed by atoms with Gasteiger partial charge in [0.05, 0.1) is 20.3 Å². The number of benzene rings is 2. The molecule has 126 valence electrons. The highest BCUT2D eigenvalue weighted by Gasteiger charge is 2.30. The van der Waals surface area contributed by atoms with Gasteiger partial charge in [-0.3, -0.25) is 4.79 Å². The van der Waals surface area contributed by atoms with Crippen LogP contribution in [0.5, 0.6) is 11.5 Å². The minimum Gasteiger partial charge on any atom is -0.497 e. The topological polar surface area (TPSA) is 50.8 Å². The van der Waals surface area contributed by atoms with E-state index in [0.717, 1.165) is 17.9 Å². The number of hydrogen-bond donors (Lipinski definition) is 1. The molecule has 0 spiro atoms. The van der Waals surface area contributed by atoms with Crippen molar-refractivity contribution in [1.82, 2.24) is 10.2 Å². The molecular weight excluding hydrogens is 304 g/mol. The van der Waals surface area contributed by atoms with Gasteiger partial charge in [0.15, 0.2) is 0 Å². The number of nitrogens with one attached hydrogen (secondary N) is 1. The van der Waals surface area contributed by atoms with Gasteiger partial charge in [0.1, 0.15) is 11.5 Å². The Balaban J connectivity index is 1.93. The van der Waals surface area contributed by atoms with Crippen LogP contribution in [0.1, 0.15) is 22.0 Å². The van der Waals surface area contributed by atoms with Gasteiger partial charge in [-0.15, -0.1) is 0 Å². The number of nitrogens with zero attached hydrogens (tertiary/aromatic N) is 1. The van der Waals surface area contributed by atoms with E-state index in [-0.39, 0.29) is 11.9 Å². The van der Waals surface area contributed by atoms with Crippen molar-refractivity contribution in [2.45, 2.75) is 6.04 Å². The molecule has 1 saturated heterocycles. The van der Waals surface area contributed by atoms with Crippen LogP contribution in [0.3, 0.4) is 0 Å². The van der Waals surface area contributed by atoms with Gasteiger partial charge in [0.25, 0.3) is 5.91 Å². The zero-order chi connectivity index (χ0) is 16.9. The molecule has 0 saturated carbocycles. The summed E-state index contributed by atoms with van der Waals surface area (Å²) in [5.41, 5.74) is 1.65. The highest BCUT2D eigenvalue weighted by atomic mass is 16.5. The minimum absolute atomic E-state index is 0.00584. The van der Waals surface area contributed by atoms with Crippen LogP contribution in [-0.2, 0) is 0 Å². The Bertz CT molecular complexity index is 717. The van der Waals surface area contributed by atoms with Gasteiger partial charge in [-0.25, -0.2) is 0 Å². The number of carbonyl (C=O) groups is 1. The summed E-state index contributed by atoms with van der Waals surface area (Å²) in [5.74, 6) is 1.49. The molecule has 2 aromatic carbocycles. The molecule has 0 aromatic heterocycles. The summed E-state index contributed by atoms with van der Waals surface area (Å²) in [5, 5.41) is 3.37. The molecule has 1 amide bonds. The van der Waals surface area contributed by atoms with Crippen molar-refractivity contribution < 1.29 is 14.3 Å². The SMILES string of the molecule is COc1cccc(C(=O)N2CCNC[C@H]2c2ccccc2OC)c1. The average Bonchev–Trinajstić information content (AvgIpc) is 2.67. The number of hydrogen-bond acceptors (Lipinski definition) is 4. The molecule has 3 rings (SSSR count). The van der Waals surface area contributed by atoms with Crippen molar-refractivity contribution in [1.29, 1.82) is 0 Å². The van der Waals surface area contributed by atoms with Crippen molar-refractivity contribution in [2.75, 3.05) is 33.9 Å². The molecule has 1 fully saturated rings. The van der Waals surface area contributed by atoms with E-state index in [1.54, 1.807) is 20.3 Å². The quantitative estimate of drug-likeness (QED) is 0.938. The maximum Gasteiger partial charge on any atom is 0.254 e. The molecular formula is C19H22N2O3. The lowest BCUT2D eigenvalue weighted by Gasteiger charge is -2.37. The van der Waals surface area contributed by atoms with E-state index in [1.807, 2.05) is 47.4 Å². The van der Waals surface area contributed by atoms with Gasteiger partial charge in [0, 0.05) is 30.8 Å². The van der Waals surface area contributed by atoms with Crippen LogP contribution < -0.4 is 14.8 Å². The molecule has 0 unspecified atom stereocenters. The Morgan fingerprint density at radius 1 is 1.12 bits per heavy atom. The highest BCUT2D eigenvalue weighted by molar-refractivity contribution is 5.95. The molecule has 1 atom stereocenters. The van der Waals surface area contributed by atoms with E-state index < -0.39 is 0 Å². The standard InChI is InChI=1S/C19H22N2O3/c1-23-15-7-5-6-14(12-15)19(22)21-11-10-20-13-17(21)16-8-3-4-9-18(16)24-2/h3-9,12,17,20H,10-11,13H2,1-2H3/t17-/m0/s1. The van der Waals surface area contributed by atoms with Gasteiger partial charge >= 0.3 is 0 Å². The van der Waals surface area contributed by atoms with Crippen LogP contribution in [0.25, 0.3) is 0 Å². The number of para-hydroxylation sites is 1. The Kier molecular flexibility index (Phi) is 5.01. The number of ether oxygens (including phenoxy) is 2. The number of carbonyl (C=O) groups excluding carboxylic acids is 1.